The van der Waals surface area contributed by atoms with E-state index in [1.807, 2.05) is 0 Å². The van der Waals surface area contributed by atoms with E-state index in [-0.39, 0.29) is 12.1 Å². The number of aliphatic hydroxyl groups excluding tert-OH is 1. The van der Waals surface area contributed by atoms with Crippen molar-refractivity contribution in [1.29, 1.82) is 0 Å². The zero-order valence-electron chi connectivity index (χ0n) is 8.51. The van der Waals surface area contributed by atoms with Gasteiger partial charge in [0.25, 0.3) is 0 Å². The molecule has 0 amide bonds. The maximum Gasteiger partial charge on any atom is 0.0610 e. The van der Waals surface area contributed by atoms with E-state index in [0.29, 0.717) is 0 Å². The highest BCUT2D eigenvalue weighted by Gasteiger charge is 2.28. The fourth-order valence-electron chi connectivity index (χ4n) is 1.71. The molecule has 0 unspecified atom stereocenters. The SMILES string of the molecule is CC1CCN(C(C)(C)CO)CC1. The molecule has 0 aliphatic carbocycles. The normalized spacial score (nSPS) is 23.0. The van der Waals surface area contributed by atoms with Gasteiger partial charge in [-0.05, 0) is 45.7 Å². The van der Waals surface area contributed by atoms with Crippen molar-refractivity contribution in [3.05, 3.63) is 0 Å². The third-order valence-electron chi connectivity index (χ3n) is 3.03. The van der Waals surface area contributed by atoms with Crippen LogP contribution in [0.2, 0.25) is 0 Å². The van der Waals surface area contributed by atoms with E-state index in [4.69, 9.17) is 0 Å². The molecule has 0 aromatic rings. The van der Waals surface area contributed by atoms with Gasteiger partial charge in [-0.25, -0.2) is 0 Å². The minimum absolute atomic E-state index is 0.0137. The number of nitrogens with zero attached hydrogens (tertiary/aromatic N) is 1. The standard InChI is InChI=1S/C10H21NO/c1-9-4-6-11(7-5-9)10(2,3)8-12/h9,12H,4-8H2,1-3H3. The van der Waals surface area contributed by atoms with E-state index in [0.717, 1.165) is 19.0 Å². The summed E-state index contributed by atoms with van der Waals surface area (Å²) < 4.78 is 0. The lowest BCUT2D eigenvalue weighted by atomic mass is 9.94. The fraction of sp³-hybridized carbons (Fsp3) is 1.00. The third kappa shape index (κ3) is 2.20. The summed E-state index contributed by atoms with van der Waals surface area (Å²) in [6.07, 6.45) is 2.56. The number of likely N-dealkylation sites (tertiary alicyclic amines) is 1. The monoisotopic (exact) mass is 171 g/mol. The average Bonchev–Trinajstić information content (AvgIpc) is 2.05. The van der Waals surface area contributed by atoms with Crippen LogP contribution < -0.4 is 0 Å². The Bertz CT molecular complexity index is 137. The lowest BCUT2D eigenvalue weighted by Gasteiger charge is -2.41. The van der Waals surface area contributed by atoms with Crippen LogP contribution in [0.5, 0.6) is 0 Å². The summed E-state index contributed by atoms with van der Waals surface area (Å²) in [4.78, 5) is 2.40. The smallest absolute Gasteiger partial charge is 0.0610 e. The molecular weight excluding hydrogens is 150 g/mol. The highest BCUT2D eigenvalue weighted by atomic mass is 16.3. The van der Waals surface area contributed by atoms with Gasteiger partial charge in [0.15, 0.2) is 0 Å². The molecule has 2 nitrogen and oxygen atoms in total. The van der Waals surface area contributed by atoms with Gasteiger partial charge in [0.1, 0.15) is 0 Å². The molecule has 1 saturated heterocycles. The Hall–Kier alpha value is -0.0800. The van der Waals surface area contributed by atoms with E-state index in [1.54, 1.807) is 0 Å². The summed E-state index contributed by atoms with van der Waals surface area (Å²) in [5.41, 5.74) is -0.0137. The number of hydrogen-bond donors (Lipinski definition) is 1. The highest BCUT2D eigenvalue weighted by molar-refractivity contribution is 4.83. The van der Waals surface area contributed by atoms with E-state index in [1.165, 1.54) is 12.8 Å². The van der Waals surface area contributed by atoms with Crippen LogP contribution in [0.3, 0.4) is 0 Å². The second-order valence-electron chi connectivity index (χ2n) is 4.64. The predicted molar refractivity (Wildman–Crippen MR) is 51.1 cm³/mol. The van der Waals surface area contributed by atoms with E-state index in [9.17, 15) is 5.11 Å². The van der Waals surface area contributed by atoms with Gasteiger partial charge in [0, 0.05) is 5.54 Å². The second kappa shape index (κ2) is 3.75. The van der Waals surface area contributed by atoms with E-state index < -0.39 is 0 Å². The molecule has 0 spiro atoms. The predicted octanol–water partition coefficient (Wildman–Crippen LogP) is 1.49. The molecule has 0 aromatic heterocycles. The molecular formula is C10H21NO. The number of hydrogen-bond acceptors (Lipinski definition) is 2. The first-order valence-electron chi connectivity index (χ1n) is 4.92. The quantitative estimate of drug-likeness (QED) is 0.680. The Balaban J connectivity index is 2.44. The second-order valence-corrected chi connectivity index (χ2v) is 4.64. The van der Waals surface area contributed by atoms with Crippen molar-refractivity contribution in [2.75, 3.05) is 19.7 Å². The van der Waals surface area contributed by atoms with Crippen molar-refractivity contribution >= 4 is 0 Å². The molecule has 0 radical (unpaired) electrons. The Kier molecular flexibility index (Phi) is 3.13. The van der Waals surface area contributed by atoms with Crippen LogP contribution >= 0.6 is 0 Å². The van der Waals surface area contributed by atoms with Crippen LogP contribution in [0.25, 0.3) is 0 Å². The fourth-order valence-corrected chi connectivity index (χ4v) is 1.71. The molecule has 0 bridgehead atoms. The van der Waals surface area contributed by atoms with E-state index in [2.05, 4.69) is 25.7 Å². The van der Waals surface area contributed by atoms with Crippen molar-refractivity contribution in [3.63, 3.8) is 0 Å². The first-order chi connectivity index (χ1) is 5.56. The molecule has 0 saturated carbocycles. The van der Waals surface area contributed by atoms with Gasteiger partial charge in [0.05, 0.1) is 6.61 Å². The minimum Gasteiger partial charge on any atom is -0.394 e. The molecule has 2 heteroatoms. The van der Waals surface area contributed by atoms with Gasteiger partial charge < -0.3 is 5.11 Å². The maximum atomic E-state index is 9.17. The largest absolute Gasteiger partial charge is 0.394 e. The van der Waals surface area contributed by atoms with Crippen molar-refractivity contribution in [3.8, 4) is 0 Å². The average molecular weight is 171 g/mol. The number of aliphatic hydroxyl groups is 1. The minimum atomic E-state index is -0.0137. The topological polar surface area (TPSA) is 23.5 Å². The van der Waals surface area contributed by atoms with Crippen LogP contribution in [-0.4, -0.2) is 35.2 Å². The Labute approximate surface area is 75.6 Å². The molecule has 0 aromatic carbocycles. The number of piperidine rings is 1. The summed E-state index contributed by atoms with van der Waals surface area (Å²) >= 11 is 0. The van der Waals surface area contributed by atoms with Gasteiger partial charge in [0.2, 0.25) is 0 Å². The lowest BCUT2D eigenvalue weighted by molar-refractivity contribution is 0.0320. The zero-order valence-corrected chi connectivity index (χ0v) is 8.51. The number of rotatable bonds is 2. The van der Waals surface area contributed by atoms with Gasteiger partial charge in [-0.1, -0.05) is 6.92 Å². The van der Waals surface area contributed by atoms with Crippen LogP contribution in [0.4, 0.5) is 0 Å². The van der Waals surface area contributed by atoms with Gasteiger partial charge in [-0.3, -0.25) is 4.90 Å². The van der Waals surface area contributed by atoms with Crippen molar-refractivity contribution in [2.24, 2.45) is 5.92 Å². The lowest BCUT2D eigenvalue weighted by Crippen LogP contribution is -2.50. The molecule has 1 aliphatic heterocycles. The Morgan fingerprint density at radius 2 is 1.83 bits per heavy atom. The zero-order chi connectivity index (χ0) is 9.19. The van der Waals surface area contributed by atoms with Crippen LogP contribution in [0.15, 0.2) is 0 Å². The van der Waals surface area contributed by atoms with Gasteiger partial charge in [-0.2, -0.15) is 0 Å². The first kappa shape index (κ1) is 10.0. The first-order valence-corrected chi connectivity index (χ1v) is 4.92. The summed E-state index contributed by atoms with van der Waals surface area (Å²) in [7, 11) is 0. The summed E-state index contributed by atoms with van der Waals surface area (Å²) in [5.74, 6) is 0.871. The molecule has 1 aliphatic rings. The van der Waals surface area contributed by atoms with Gasteiger partial charge in [-0.15, -0.1) is 0 Å². The molecule has 72 valence electrons. The molecule has 1 N–H and O–H groups in total. The van der Waals surface area contributed by atoms with Crippen LogP contribution in [0.1, 0.15) is 33.6 Å². The molecule has 1 heterocycles. The maximum absolute atomic E-state index is 9.17. The van der Waals surface area contributed by atoms with Gasteiger partial charge >= 0.3 is 0 Å². The van der Waals surface area contributed by atoms with Crippen molar-refractivity contribution in [1.82, 2.24) is 4.90 Å². The Morgan fingerprint density at radius 1 is 1.33 bits per heavy atom. The van der Waals surface area contributed by atoms with Crippen molar-refractivity contribution < 1.29 is 5.11 Å². The molecule has 1 fully saturated rings. The summed E-state index contributed by atoms with van der Waals surface area (Å²) in [6.45, 7) is 9.10. The van der Waals surface area contributed by atoms with Crippen molar-refractivity contribution in [2.45, 2.75) is 39.2 Å². The highest BCUT2D eigenvalue weighted by Crippen LogP contribution is 2.22. The Morgan fingerprint density at radius 3 is 2.25 bits per heavy atom. The van der Waals surface area contributed by atoms with Crippen LogP contribution in [0, 0.1) is 5.92 Å². The molecule has 1 rings (SSSR count). The van der Waals surface area contributed by atoms with E-state index >= 15 is 0 Å². The molecule has 12 heavy (non-hydrogen) atoms. The summed E-state index contributed by atoms with van der Waals surface area (Å²) in [6, 6.07) is 0. The molecule has 0 atom stereocenters. The van der Waals surface area contributed by atoms with Crippen LogP contribution in [-0.2, 0) is 0 Å². The third-order valence-corrected chi connectivity index (χ3v) is 3.03. The summed E-state index contributed by atoms with van der Waals surface area (Å²) in [5, 5.41) is 9.17.